The molecular weight excluding hydrogens is 284 g/mol. The number of halogens is 1. The number of furan rings is 1. The summed E-state index contributed by atoms with van der Waals surface area (Å²) in [6, 6.07) is 3.55. The molecule has 0 aliphatic rings. The number of hydrogen-bond donors (Lipinski definition) is 2. The zero-order valence-electron chi connectivity index (χ0n) is 10.4. The summed E-state index contributed by atoms with van der Waals surface area (Å²) in [4.78, 5) is 11.7. The second kappa shape index (κ2) is 6.81. The molecule has 0 aliphatic heterocycles. The van der Waals surface area contributed by atoms with E-state index in [1.807, 2.05) is 12.1 Å². The highest BCUT2D eigenvalue weighted by atomic mass is 79.9. The van der Waals surface area contributed by atoms with Crippen molar-refractivity contribution >= 4 is 21.8 Å². The van der Waals surface area contributed by atoms with E-state index >= 15 is 0 Å². The van der Waals surface area contributed by atoms with Gasteiger partial charge in [-0.15, -0.1) is 0 Å². The van der Waals surface area contributed by atoms with Gasteiger partial charge in [0.15, 0.2) is 4.67 Å². The number of carbonyl (C=O) groups is 1. The lowest BCUT2D eigenvalue weighted by Gasteiger charge is -2.18. The Morgan fingerprint density at radius 2 is 2.18 bits per heavy atom. The van der Waals surface area contributed by atoms with Gasteiger partial charge in [0.1, 0.15) is 5.76 Å². The first kappa shape index (κ1) is 14.3. The molecule has 4 nitrogen and oxygen atoms in total. The van der Waals surface area contributed by atoms with Crippen molar-refractivity contribution in [1.29, 1.82) is 0 Å². The van der Waals surface area contributed by atoms with Gasteiger partial charge in [-0.2, -0.15) is 0 Å². The molecule has 1 aromatic rings. The van der Waals surface area contributed by atoms with Gasteiger partial charge in [-0.3, -0.25) is 10.1 Å². The van der Waals surface area contributed by atoms with Crippen molar-refractivity contribution in [2.75, 3.05) is 7.05 Å². The minimum Gasteiger partial charge on any atom is -0.453 e. The van der Waals surface area contributed by atoms with E-state index in [0.717, 1.165) is 12.2 Å². The Morgan fingerprint density at radius 3 is 2.65 bits per heavy atom. The average molecular weight is 303 g/mol. The van der Waals surface area contributed by atoms with Crippen molar-refractivity contribution in [3.05, 3.63) is 22.6 Å². The molecule has 0 fully saturated rings. The molecule has 0 aromatic carbocycles. The van der Waals surface area contributed by atoms with Gasteiger partial charge in [-0.1, -0.05) is 13.8 Å². The lowest BCUT2D eigenvalue weighted by molar-refractivity contribution is -0.123. The molecule has 1 unspecified atom stereocenters. The van der Waals surface area contributed by atoms with Gasteiger partial charge in [0.2, 0.25) is 5.91 Å². The topological polar surface area (TPSA) is 54.3 Å². The molecule has 0 radical (unpaired) electrons. The van der Waals surface area contributed by atoms with E-state index in [0.29, 0.717) is 17.1 Å². The smallest absolute Gasteiger partial charge is 0.236 e. The average Bonchev–Trinajstić information content (AvgIpc) is 2.68. The highest BCUT2D eigenvalue weighted by Crippen LogP contribution is 2.14. The first-order valence-corrected chi connectivity index (χ1v) is 6.51. The van der Waals surface area contributed by atoms with Crippen LogP contribution in [-0.2, 0) is 11.3 Å². The number of carbonyl (C=O) groups excluding carboxylic acids is 1. The lowest BCUT2D eigenvalue weighted by atomic mass is 10.0. The molecule has 1 rings (SSSR count). The van der Waals surface area contributed by atoms with Gasteiger partial charge >= 0.3 is 0 Å². The number of nitrogens with one attached hydrogen (secondary N) is 2. The van der Waals surface area contributed by atoms with Gasteiger partial charge in [-0.25, -0.2) is 0 Å². The normalized spacial score (nSPS) is 12.8. The summed E-state index contributed by atoms with van der Waals surface area (Å²) >= 11 is 3.25. The quantitative estimate of drug-likeness (QED) is 0.848. The van der Waals surface area contributed by atoms with Crippen molar-refractivity contribution in [1.82, 2.24) is 10.6 Å². The van der Waals surface area contributed by atoms with Crippen molar-refractivity contribution < 1.29 is 9.21 Å². The van der Waals surface area contributed by atoms with Gasteiger partial charge < -0.3 is 9.73 Å². The second-order valence-electron chi connectivity index (χ2n) is 4.38. The summed E-state index contributed by atoms with van der Waals surface area (Å²) in [5, 5.41) is 5.88. The van der Waals surface area contributed by atoms with Crippen LogP contribution in [0.15, 0.2) is 21.2 Å². The van der Waals surface area contributed by atoms with Crippen LogP contribution in [0, 0.1) is 5.92 Å². The van der Waals surface area contributed by atoms with Crippen LogP contribution >= 0.6 is 15.9 Å². The molecule has 1 aromatic heterocycles. The fourth-order valence-corrected chi connectivity index (χ4v) is 1.94. The molecule has 17 heavy (non-hydrogen) atoms. The van der Waals surface area contributed by atoms with E-state index < -0.39 is 0 Å². The van der Waals surface area contributed by atoms with E-state index in [-0.39, 0.29) is 11.9 Å². The van der Waals surface area contributed by atoms with E-state index in [2.05, 4.69) is 40.4 Å². The van der Waals surface area contributed by atoms with Crippen molar-refractivity contribution in [2.24, 2.45) is 5.92 Å². The third kappa shape index (κ3) is 4.91. The minimum absolute atomic E-state index is 0.0179. The third-order valence-electron chi connectivity index (χ3n) is 2.42. The summed E-state index contributed by atoms with van der Waals surface area (Å²) in [5.41, 5.74) is 0. The van der Waals surface area contributed by atoms with Crippen LogP contribution in [0.3, 0.4) is 0 Å². The zero-order chi connectivity index (χ0) is 12.8. The van der Waals surface area contributed by atoms with Gasteiger partial charge in [-0.05, 0) is 40.4 Å². The molecule has 5 heteroatoms. The predicted molar refractivity (Wildman–Crippen MR) is 70.6 cm³/mol. The first-order valence-electron chi connectivity index (χ1n) is 5.72. The third-order valence-corrected chi connectivity index (χ3v) is 2.85. The molecule has 96 valence electrons. The monoisotopic (exact) mass is 302 g/mol. The Morgan fingerprint density at radius 1 is 1.47 bits per heavy atom. The van der Waals surface area contributed by atoms with Gasteiger partial charge in [0.05, 0.1) is 12.6 Å². The summed E-state index contributed by atoms with van der Waals surface area (Å²) in [7, 11) is 1.65. The van der Waals surface area contributed by atoms with Crippen LogP contribution < -0.4 is 10.6 Å². The molecule has 2 N–H and O–H groups in total. The Balaban J connectivity index is 2.51. The number of rotatable bonds is 6. The van der Waals surface area contributed by atoms with Crippen LogP contribution in [0.5, 0.6) is 0 Å². The Hall–Kier alpha value is -0.810. The summed E-state index contributed by atoms with van der Waals surface area (Å²) in [6.45, 7) is 4.75. The zero-order valence-corrected chi connectivity index (χ0v) is 12.0. The maximum atomic E-state index is 11.7. The van der Waals surface area contributed by atoms with Crippen molar-refractivity contribution in [3.63, 3.8) is 0 Å². The van der Waals surface area contributed by atoms with Crippen LogP contribution in [0.25, 0.3) is 0 Å². The van der Waals surface area contributed by atoms with Gasteiger partial charge in [0, 0.05) is 7.05 Å². The molecule has 0 bridgehead atoms. The van der Waals surface area contributed by atoms with E-state index in [9.17, 15) is 4.79 Å². The second-order valence-corrected chi connectivity index (χ2v) is 5.16. The number of hydrogen-bond acceptors (Lipinski definition) is 3. The van der Waals surface area contributed by atoms with Crippen LogP contribution in [-0.4, -0.2) is 19.0 Å². The van der Waals surface area contributed by atoms with E-state index in [4.69, 9.17) is 4.42 Å². The van der Waals surface area contributed by atoms with Crippen molar-refractivity contribution in [2.45, 2.75) is 32.9 Å². The van der Waals surface area contributed by atoms with E-state index in [1.165, 1.54) is 0 Å². The van der Waals surface area contributed by atoms with Gasteiger partial charge in [0.25, 0.3) is 0 Å². The standard InChI is InChI=1S/C12H19BrN2O2/c1-8(2)6-10(12(16)14-3)15-7-9-4-5-11(13)17-9/h4-5,8,10,15H,6-7H2,1-3H3,(H,14,16). The predicted octanol–water partition coefficient (Wildman–Crippen LogP) is 2.29. The highest BCUT2D eigenvalue weighted by molar-refractivity contribution is 9.10. The molecule has 0 saturated carbocycles. The molecule has 1 amide bonds. The summed E-state index contributed by atoms with van der Waals surface area (Å²) in [6.07, 6.45) is 0.807. The largest absolute Gasteiger partial charge is 0.453 e. The lowest BCUT2D eigenvalue weighted by Crippen LogP contribution is -2.43. The van der Waals surface area contributed by atoms with Crippen LogP contribution in [0.4, 0.5) is 0 Å². The highest BCUT2D eigenvalue weighted by Gasteiger charge is 2.18. The molecule has 0 saturated heterocycles. The minimum atomic E-state index is -0.177. The Bertz CT molecular complexity index is 363. The van der Waals surface area contributed by atoms with Crippen molar-refractivity contribution in [3.8, 4) is 0 Å². The van der Waals surface area contributed by atoms with E-state index in [1.54, 1.807) is 7.05 Å². The molecule has 0 aliphatic carbocycles. The first-order chi connectivity index (χ1) is 8.02. The summed E-state index contributed by atoms with van der Waals surface area (Å²) in [5.74, 6) is 1.30. The van der Waals surface area contributed by atoms with Crippen LogP contribution in [0.2, 0.25) is 0 Å². The number of amides is 1. The Kier molecular flexibility index (Phi) is 5.71. The fourth-order valence-electron chi connectivity index (χ4n) is 1.60. The maximum absolute atomic E-state index is 11.7. The summed E-state index contributed by atoms with van der Waals surface area (Å²) < 4.78 is 6.08. The number of likely N-dealkylation sites (N-methyl/N-ethyl adjacent to an activating group) is 1. The molecule has 1 heterocycles. The Labute approximate surface area is 110 Å². The molecule has 0 spiro atoms. The van der Waals surface area contributed by atoms with Crippen LogP contribution in [0.1, 0.15) is 26.0 Å². The fraction of sp³-hybridized carbons (Fsp3) is 0.583. The molecular formula is C12H19BrN2O2. The maximum Gasteiger partial charge on any atom is 0.236 e. The molecule has 1 atom stereocenters. The SMILES string of the molecule is CNC(=O)C(CC(C)C)NCc1ccc(Br)o1.